The Labute approximate surface area is 185 Å². The third kappa shape index (κ3) is 4.60. The van der Waals surface area contributed by atoms with Crippen molar-refractivity contribution in [3.63, 3.8) is 0 Å². The molecular weight excluding hydrogens is 398 g/mol. The molecule has 1 aliphatic carbocycles. The monoisotopic (exact) mass is 431 g/mol. The molecule has 164 valence electrons. The summed E-state index contributed by atoms with van der Waals surface area (Å²) in [6.07, 6.45) is 8.25. The van der Waals surface area contributed by atoms with Gasteiger partial charge < -0.3 is 10.5 Å². The predicted molar refractivity (Wildman–Crippen MR) is 125 cm³/mol. The average Bonchev–Trinajstić information content (AvgIpc) is 2.97. The Bertz CT molecular complexity index is 986. The van der Waals surface area contributed by atoms with E-state index in [1.807, 2.05) is 0 Å². The predicted octanol–water partition coefficient (Wildman–Crippen LogP) is 3.24. The number of nitrogens with zero attached hydrogens (tertiary/aromatic N) is 2. The molecular formula is C23H33N3O3S. The lowest BCUT2D eigenvalue weighted by atomic mass is 9.69. The number of fused-ring (bicyclic) bond motifs is 1. The summed E-state index contributed by atoms with van der Waals surface area (Å²) in [7, 11) is 0. The molecule has 0 amide bonds. The van der Waals surface area contributed by atoms with Crippen molar-refractivity contribution in [1.82, 2.24) is 9.13 Å². The quantitative estimate of drug-likeness (QED) is 0.712. The molecule has 0 bridgehead atoms. The van der Waals surface area contributed by atoms with E-state index in [-0.39, 0.29) is 43.5 Å². The summed E-state index contributed by atoms with van der Waals surface area (Å²) in [6.45, 7) is 7.29. The molecule has 1 aromatic carbocycles. The van der Waals surface area contributed by atoms with Crippen LogP contribution in [0.3, 0.4) is 0 Å². The molecule has 3 rings (SSSR count). The molecule has 0 unspecified atom stereocenters. The van der Waals surface area contributed by atoms with E-state index in [1.54, 1.807) is 22.8 Å². The zero-order chi connectivity index (χ0) is 21.1. The Morgan fingerprint density at radius 1 is 1.33 bits per heavy atom. The Hall–Kier alpha value is -2.17. The Morgan fingerprint density at radius 2 is 2.07 bits per heavy atom. The highest BCUT2D eigenvalue weighted by Gasteiger charge is 2.37. The maximum atomic E-state index is 13.6. The van der Waals surface area contributed by atoms with Crippen molar-refractivity contribution >= 4 is 30.4 Å². The van der Waals surface area contributed by atoms with Crippen LogP contribution < -0.4 is 16.2 Å². The summed E-state index contributed by atoms with van der Waals surface area (Å²) < 4.78 is 8.43. The first kappa shape index (κ1) is 24.1. The smallest absolute Gasteiger partial charge is 0.336 e. The first-order chi connectivity index (χ1) is 13.9. The van der Waals surface area contributed by atoms with Gasteiger partial charge in [-0.05, 0) is 42.7 Å². The van der Waals surface area contributed by atoms with Crippen LogP contribution in [0.2, 0.25) is 0 Å². The molecule has 7 heteroatoms. The maximum absolute atomic E-state index is 13.6. The lowest BCUT2D eigenvalue weighted by Gasteiger charge is -2.36. The van der Waals surface area contributed by atoms with Gasteiger partial charge >= 0.3 is 5.69 Å². The highest BCUT2D eigenvalue weighted by Crippen LogP contribution is 2.39. The van der Waals surface area contributed by atoms with Crippen molar-refractivity contribution in [2.24, 2.45) is 29.4 Å². The van der Waals surface area contributed by atoms with Crippen molar-refractivity contribution in [3.05, 3.63) is 28.7 Å². The second-order valence-electron chi connectivity index (χ2n) is 8.47. The normalized spacial score (nSPS) is 21.3. The lowest BCUT2D eigenvalue weighted by Crippen LogP contribution is -2.40. The molecule has 2 N–H and O–H groups in total. The van der Waals surface area contributed by atoms with Crippen LogP contribution in [0.4, 0.5) is 0 Å². The van der Waals surface area contributed by atoms with Crippen LogP contribution in [0.25, 0.3) is 11.0 Å². The van der Waals surface area contributed by atoms with Gasteiger partial charge in [0, 0.05) is 25.1 Å². The molecule has 30 heavy (non-hydrogen) atoms. The van der Waals surface area contributed by atoms with Gasteiger partial charge in [-0.3, -0.25) is 9.36 Å². The number of nitrogens with two attached hydrogens (primary N) is 1. The number of carbonyl (C=O) groups is 1. The van der Waals surface area contributed by atoms with Gasteiger partial charge in [0.15, 0.2) is 0 Å². The molecule has 3 atom stereocenters. The molecule has 1 saturated carbocycles. The highest BCUT2D eigenvalue weighted by molar-refractivity contribution is 7.59. The summed E-state index contributed by atoms with van der Waals surface area (Å²) in [5.41, 5.74) is 6.65. The Balaban J connectivity index is 0.00000320. The van der Waals surface area contributed by atoms with Crippen molar-refractivity contribution in [1.29, 1.82) is 0 Å². The number of terminal acetylenes is 1. The molecule has 0 saturated heterocycles. The number of hydrogen-bond donors (Lipinski definition) is 1. The average molecular weight is 432 g/mol. The lowest BCUT2D eigenvalue weighted by molar-refractivity contribution is 0.0633. The number of carbonyl (C=O) groups excluding carboxylic acids is 1. The van der Waals surface area contributed by atoms with Crippen LogP contribution in [0, 0.1) is 36.0 Å². The summed E-state index contributed by atoms with van der Waals surface area (Å²) in [6, 6.07) is 5.28. The third-order valence-electron chi connectivity index (χ3n) is 6.14. The summed E-state index contributed by atoms with van der Waals surface area (Å²) in [4.78, 5) is 26.9. The number of aromatic nitrogens is 2. The molecule has 6 nitrogen and oxygen atoms in total. The summed E-state index contributed by atoms with van der Waals surface area (Å²) in [5, 5.41) is 0. The van der Waals surface area contributed by atoms with Crippen LogP contribution >= 0.6 is 13.5 Å². The zero-order valence-corrected chi connectivity index (χ0v) is 19.1. The third-order valence-corrected chi connectivity index (χ3v) is 6.14. The molecule has 0 spiro atoms. The zero-order valence-electron chi connectivity index (χ0n) is 18.1. The summed E-state index contributed by atoms with van der Waals surface area (Å²) in [5.74, 6) is 3.92. The van der Waals surface area contributed by atoms with Gasteiger partial charge in [-0.1, -0.05) is 33.1 Å². The van der Waals surface area contributed by atoms with Crippen LogP contribution in [-0.4, -0.2) is 28.2 Å². The van der Waals surface area contributed by atoms with Crippen LogP contribution in [0.15, 0.2) is 23.0 Å². The van der Waals surface area contributed by atoms with Crippen LogP contribution in [0.5, 0.6) is 5.75 Å². The fourth-order valence-corrected chi connectivity index (χ4v) is 4.66. The molecule has 1 fully saturated rings. The topological polar surface area (TPSA) is 79.2 Å². The van der Waals surface area contributed by atoms with E-state index in [2.05, 4.69) is 26.7 Å². The second kappa shape index (κ2) is 10.2. The van der Waals surface area contributed by atoms with E-state index in [0.717, 1.165) is 19.3 Å². The molecule has 1 aliphatic rings. The van der Waals surface area contributed by atoms with E-state index in [1.165, 1.54) is 4.57 Å². The fourth-order valence-electron chi connectivity index (χ4n) is 4.66. The van der Waals surface area contributed by atoms with Crippen molar-refractivity contribution in [3.8, 4) is 18.1 Å². The highest BCUT2D eigenvalue weighted by atomic mass is 32.1. The minimum Gasteiger partial charge on any atom is -0.481 e. The first-order valence-electron chi connectivity index (χ1n) is 10.4. The maximum Gasteiger partial charge on any atom is 0.336 e. The first-order valence-corrected chi connectivity index (χ1v) is 10.4. The molecule has 0 aliphatic heterocycles. The van der Waals surface area contributed by atoms with Gasteiger partial charge in [0.1, 0.15) is 12.4 Å². The Morgan fingerprint density at radius 3 is 2.70 bits per heavy atom. The number of hydrogen-bond acceptors (Lipinski definition) is 4. The van der Waals surface area contributed by atoms with Crippen LogP contribution in [-0.2, 0) is 6.54 Å². The standard InChI is InChI=1S/C23H31N3O3.H2S/c1-5-12-29-17-7-9-20-21(14-17)25(11-10-24)23(28)26(20)22(27)19-13-16(4)6-8-18(19)15(2)3;/h1,7,9,14-16,18-19H,6,8,10-13,24H2,2-4H3;1H2/t16-,18+,19-;/m1./s1. The van der Waals surface area contributed by atoms with Gasteiger partial charge in [-0.25, -0.2) is 9.36 Å². The number of rotatable bonds is 6. The van der Waals surface area contributed by atoms with Gasteiger partial charge in [0.2, 0.25) is 5.91 Å². The second-order valence-corrected chi connectivity index (χ2v) is 8.47. The number of ether oxygens (including phenoxy) is 1. The van der Waals surface area contributed by atoms with E-state index in [0.29, 0.717) is 41.7 Å². The number of imidazole rings is 1. The van der Waals surface area contributed by atoms with Crippen molar-refractivity contribution < 1.29 is 9.53 Å². The molecule has 2 aromatic rings. The SMILES string of the molecule is C#CCOc1ccc2c(c1)n(CCN)c(=O)n2C(=O)[C@@H]1C[C@H](C)CC[C@H]1C(C)C.S. The minimum absolute atomic E-state index is 0. The van der Waals surface area contributed by atoms with Crippen LogP contribution in [0.1, 0.15) is 44.8 Å². The van der Waals surface area contributed by atoms with E-state index in [4.69, 9.17) is 16.9 Å². The number of benzene rings is 1. The molecule has 1 aromatic heterocycles. The van der Waals surface area contributed by atoms with Crippen molar-refractivity contribution in [2.75, 3.05) is 13.2 Å². The fraction of sp³-hybridized carbons (Fsp3) is 0.565. The van der Waals surface area contributed by atoms with Gasteiger partial charge in [-0.15, -0.1) is 6.42 Å². The molecule has 0 radical (unpaired) electrons. The summed E-state index contributed by atoms with van der Waals surface area (Å²) >= 11 is 0. The van der Waals surface area contributed by atoms with Gasteiger partial charge in [0.25, 0.3) is 0 Å². The Kier molecular flexibility index (Phi) is 8.22. The van der Waals surface area contributed by atoms with Gasteiger partial charge in [0.05, 0.1) is 11.0 Å². The van der Waals surface area contributed by atoms with Gasteiger partial charge in [-0.2, -0.15) is 13.5 Å². The van der Waals surface area contributed by atoms with Crippen molar-refractivity contribution in [2.45, 2.75) is 46.6 Å². The van der Waals surface area contributed by atoms with E-state index in [9.17, 15) is 9.59 Å². The van der Waals surface area contributed by atoms with E-state index >= 15 is 0 Å². The van der Waals surface area contributed by atoms with E-state index < -0.39 is 0 Å². The largest absolute Gasteiger partial charge is 0.481 e. The minimum atomic E-state index is -0.328. The molecule has 1 heterocycles.